The first kappa shape index (κ1) is 27.4. The van der Waals surface area contributed by atoms with Gasteiger partial charge >= 0.3 is 12.1 Å². The van der Waals surface area contributed by atoms with E-state index in [1.165, 1.54) is 11.3 Å². The number of nitrogens with one attached hydrogen (secondary N) is 3. The molecule has 0 radical (unpaired) electrons. The van der Waals surface area contributed by atoms with Crippen LogP contribution in [0.3, 0.4) is 0 Å². The molecule has 0 saturated heterocycles. The number of ether oxygens (including phenoxy) is 3. The average Bonchev–Trinajstić information content (AvgIpc) is 3.29. The van der Waals surface area contributed by atoms with Crippen molar-refractivity contribution in [3.63, 3.8) is 0 Å². The SMILES string of the molecule is CC(C#Cc1cnc(Oc2ccc(Oc3ccccc3)cc2)s1)NC(=O)NCCNC(=O)OC(C)(C)C. The first-order chi connectivity index (χ1) is 17.7. The van der Waals surface area contributed by atoms with Crippen LogP contribution in [-0.2, 0) is 4.74 Å². The molecule has 2 aromatic carbocycles. The molecule has 0 aliphatic carbocycles. The number of hydrogen-bond donors (Lipinski definition) is 3. The van der Waals surface area contributed by atoms with Gasteiger partial charge in [-0.2, -0.15) is 0 Å². The van der Waals surface area contributed by atoms with Crippen molar-refractivity contribution in [3.05, 3.63) is 65.7 Å². The molecular formula is C27H30N4O5S. The number of alkyl carbamates (subject to hydrolysis) is 1. The number of hydrogen-bond acceptors (Lipinski definition) is 7. The lowest BCUT2D eigenvalue weighted by Gasteiger charge is -2.19. The largest absolute Gasteiger partial charge is 0.457 e. The summed E-state index contributed by atoms with van der Waals surface area (Å²) < 4.78 is 16.7. The quantitative estimate of drug-likeness (QED) is 0.274. The number of carbonyl (C=O) groups is 2. The highest BCUT2D eigenvalue weighted by Crippen LogP contribution is 2.29. The maximum atomic E-state index is 12.0. The van der Waals surface area contributed by atoms with Gasteiger partial charge < -0.3 is 30.2 Å². The second-order valence-electron chi connectivity index (χ2n) is 8.80. The van der Waals surface area contributed by atoms with Gasteiger partial charge in [0.2, 0.25) is 0 Å². The van der Waals surface area contributed by atoms with Crippen LogP contribution in [-0.4, -0.2) is 41.8 Å². The van der Waals surface area contributed by atoms with Gasteiger partial charge in [-0.05, 0) is 64.1 Å². The minimum absolute atomic E-state index is 0.245. The number of amides is 3. The third-order valence-corrected chi connectivity index (χ3v) is 5.12. The molecule has 0 aliphatic heterocycles. The number of carbonyl (C=O) groups excluding carboxylic acids is 2. The number of nitrogens with zero attached hydrogens (tertiary/aromatic N) is 1. The number of urea groups is 1. The van der Waals surface area contributed by atoms with Gasteiger partial charge in [0.1, 0.15) is 27.7 Å². The first-order valence-corrected chi connectivity index (χ1v) is 12.5. The zero-order chi connectivity index (χ0) is 26.7. The van der Waals surface area contributed by atoms with Gasteiger partial charge in [-0.25, -0.2) is 14.6 Å². The highest BCUT2D eigenvalue weighted by atomic mass is 32.1. The smallest absolute Gasteiger partial charge is 0.407 e. The summed E-state index contributed by atoms with van der Waals surface area (Å²) in [5.74, 6) is 8.03. The van der Waals surface area contributed by atoms with Crippen LogP contribution < -0.4 is 25.4 Å². The van der Waals surface area contributed by atoms with Gasteiger partial charge in [0, 0.05) is 13.1 Å². The number of para-hydroxylation sites is 1. The lowest BCUT2D eigenvalue weighted by atomic mass is 10.2. The zero-order valence-corrected chi connectivity index (χ0v) is 22.0. The molecule has 0 saturated carbocycles. The van der Waals surface area contributed by atoms with E-state index in [1.54, 1.807) is 46.0 Å². The Morgan fingerprint density at radius 1 is 0.946 bits per heavy atom. The summed E-state index contributed by atoms with van der Waals surface area (Å²) in [5, 5.41) is 8.40. The molecule has 10 heteroatoms. The number of benzene rings is 2. The van der Waals surface area contributed by atoms with Gasteiger partial charge in [-0.15, -0.1) is 0 Å². The molecule has 0 spiro atoms. The summed E-state index contributed by atoms with van der Waals surface area (Å²) in [7, 11) is 0. The Bertz CT molecular complexity index is 1230. The Balaban J connectivity index is 1.39. The van der Waals surface area contributed by atoms with Crippen molar-refractivity contribution in [1.29, 1.82) is 0 Å². The van der Waals surface area contributed by atoms with E-state index in [9.17, 15) is 9.59 Å². The predicted octanol–water partition coefficient (Wildman–Crippen LogP) is 5.29. The minimum atomic E-state index is -0.572. The minimum Gasteiger partial charge on any atom is -0.457 e. The predicted molar refractivity (Wildman–Crippen MR) is 142 cm³/mol. The van der Waals surface area contributed by atoms with Crippen LogP contribution in [0.15, 0.2) is 60.8 Å². The summed E-state index contributed by atoms with van der Waals surface area (Å²) in [6.45, 7) is 7.60. The highest BCUT2D eigenvalue weighted by Gasteiger charge is 2.15. The van der Waals surface area contributed by atoms with Gasteiger partial charge in [-0.1, -0.05) is 41.4 Å². The maximum absolute atomic E-state index is 12.0. The van der Waals surface area contributed by atoms with Crippen LogP contribution in [0.1, 0.15) is 32.6 Å². The molecule has 3 aromatic rings. The normalized spacial score (nSPS) is 11.4. The van der Waals surface area contributed by atoms with Crippen LogP contribution in [0.2, 0.25) is 0 Å². The van der Waals surface area contributed by atoms with E-state index in [0.717, 1.165) is 5.75 Å². The molecule has 3 amide bonds. The second kappa shape index (κ2) is 13.2. The molecule has 1 aromatic heterocycles. The number of rotatable bonds is 8. The molecule has 194 valence electrons. The van der Waals surface area contributed by atoms with Crippen LogP contribution in [0.5, 0.6) is 22.4 Å². The fourth-order valence-corrected chi connectivity index (χ4v) is 3.43. The monoisotopic (exact) mass is 522 g/mol. The third-order valence-electron chi connectivity index (χ3n) is 4.33. The van der Waals surface area contributed by atoms with E-state index in [2.05, 4.69) is 32.8 Å². The number of aromatic nitrogens is 1. The summed E-state index contributed by atoms with van der Waals surface area (Å²) in [5.41, 5.74) is -0.572. The molecular weight excluding hydrogens is 492 g/mol. The van der Waals surface area contributed by atoms with Gasteiger partial charge in [0.05, 0.1) is 12.2 Å². The molecule has 37 heavy (non-hydrogen) atoms. The topological polar surface area (TPSA) is 111 Å². The van der Waals surface area contributed by atoms with Crippen molar-refractivity contribution in [2.45, 2.75) is 39.3 Å². The van der Waals surface area contributed by atoms with Crippen molar-refractivity contribution in [3.8, 4) is 34.3 Å². The van der Waals surface area contributed by atoms with E-state index < -0.39 is 17.7 Å². The van der Waals surface area contributed by atoms with Crippen molar-refractivity contribution < 1.29 is 23.8 Å². The van der Waals surface area contributed by atoms with Crippen LogP contribution >= 0.6 is 11.3 Å². The molecule has 3 rings (SSSR count). The van der Waals surface area contributed by atoms with Gasteiger partial charge in [-0.3, -0.25) is 0 Å². The Kier molecular flexibility index (Phi) is 9.75. The summed E-state index contributed by atoms with van der Waals surface area (Å²) in [4.78, 5) is 28.5. The molecule has 1 atom stereocenters. The number of thiazole rings is 1. The van der Waals surface area contributed by atoms with Gasteiger partial charge in [0.25, 0.3) is 5.19 Å². The molecule has 1 heterocycles. The molecule has 0 fully saturated rings. The zero-order valence-electron chi connectivity index (χ0n) is 21.2. The fraction of sp³-hybridized carbons (Fsp3) is 0.296. The van der Waals surface area contributed by atoms with Gasteiger partial charge in [0.15, 0.2) is 0 Å². The van der Waals surface area contributed by atoms with Crippen LogP contribution in [0.25, 0.3) is 0 Å². The maximum Gasteiger partial charge on any atom is 0.407 e. The summed E-state index contributed by atoms with van der Waals surface area (Å²) in [6, 6.07) is 16.0. The Morgan fingerprint density at radius 3 is 2.24 bits per heavy atom. The molecule has 1 unspecified atom stereocenters. The third kappa shape index (κ3) is 10.5. The van der Waals surface area contributed by atoms with E-state index in [1.807, 2.05) is 42.5 Å². The van der Waals surface area contributed by atoms with E-state index in [-0.39, 0.29) is 19.1 Å². The molecule has 0 aliphatic rings. The average molecular weight is 523 g/mol. The van der Waals surface area contributed by atoms with Crippen molar-refractivity contribution in [2.24, 2.45) is 0 Å². The van der Waals surface area contributed by atoms with Crippen molar-refractivity contribution in [1.82, 2.24) is 20.9 Å². The Morgan fingerprint density at radius 2 is 1.57 bits per heavy atom. The second-order valence-corrected chi connectivity index (χ2v) is 9.79. The van der Waals surface area contributed by atoms with Crippen LogP contribution in [0.4, 0.5) is 9.59 Å². The van der Waals surface area contributed by atoms with Crippen LogP contribution in [0, 0.1) is 11.8 Å². The summed E-state index contributed by atoms with van der Waals surface area (Å²) in [6.07, 6.45) is 1.09. The van der Waals surface area contributed by atoms with E-state index >= 15 is 0 Å². The van der Waals surface area contributed by atoms with Crippen molar-refractivity contribution in [2.75, 3.05) is 13.1 Å². The van der Waals surface area contributed by atoms with Crippen molar-refractivity contribution >= 4 is 23.5 Å². The standard InChI is InChI=1S/C27H30N4O5S/c1-19(31-24(32)28-16-17-29-25(33)36-27(2,3)4)10-15-23-18-30-26(37-23)35-22-13-11-21(12-14-22)34-20-8-6-5-7-9-20/h5-9,11-14,18-19H,16-17H2,1-4H3,(H,29,33)(H2,28,31,32). The molecule has 0 bridgehead atoms. The first-order valence-electron chi connectivity index (χ1n) is 11.7. The highest BCUT2D eigenvalue weighted by molar-refractivity contribution is 7.13. The van der Waals surface area contributed by atoms with E-state index in [4.69, 9.17) is 14.2 Å². The summed E-state index contributed by atoms with van der Waals surface area (Å²) >= 11 is 1.30. The molecule has 9 nitrogen and oxygen atoms in total. The lowest BCUT2D eigenvalue weighted by molar-refractivity contribution is 0.0528. The lowest BCUT2D eigenvalue weighted by Crippen LogP contribution is -2.43. The Hall–Kier alpha value is -4.23. The van der Waals surface area contributed by atoms with E-state index in [0.29, 0.717) is 21.6 Å². The molecule has 3 N–H and O–H groups in total. The Labute approximate surface area is 220 Å². The fourth-order valence-electron chi connectivity index (χ4n) is 2.78.